The van der Waals surface area contributed by atoms with E-state index in [-0.39, 0.29) is 5.91 Å². The Balaban J connectivity index is 1.49. The van der Waals surface area contributed by atoms with Crippen molar-refractivity contribution in [1.29, 1.82) is 0 Å². The van der Waals surface area contributed by atoms with E-state index in [1.807, 2.05) is 0 Å². The number of carbonyl (C=O) groups is 1. The van der Waals surface area contributed by atoms with Crippen molar-refractivity contribution in [3.05, 3.63) is 58.7 Å². The first kappa shape index (κ1) is 19.2. The summed E-state index contributed by atoms with van der Waals surface area (Å²) in [6.45, 7) is 5.19. The number of hydrogen-bond acceptors (Lipinski definition) is 4. The van der Waals surface area contributed by atoms with Gasteiger partial charge in [-0.25, -0.2) is 0 Å². The monoisotopic (exact) mass is 368 g/mol. The van der Waals surface area contributed by atoms with Gasteiger partial charge >= 0.3 is 0 Å². The van der Waals surface area contributed by atoms with Crippen molar-refractivity contribution in [2.24, 2.45) is 0 Å². The highest BCUT2D eigenvalue weighted by molar-refractivity contribution is 5.76. The maximum atomic E-state index is 12.2. The minimum absolute atomic E-state index is 0.0914. The number of amides is 1. The molecule has 1 aliphatic heterocycles. The van der Waals surface area contributed by atoms with Crippen LogP contribution in [0, 0.1) is 6.92 Å². The van der Waals surface area contributed by atoms with Crippen LogP contribution >= 0.6 is 0 Å². The van der Waals surface area contributed by atoms with Crippen molar-refractivity contribution in [1.82, 2.24) is 10.2 Å². The van der Waals surface area contributed by atoms with Crippen LogP contribution in [0.5, 0.6) is 11.5 Å². The molecule has 0 fully saturated rings. The molecule has 0 unspecified atom stereocenters. The summed E-state index contributed by atoms with van der Waals surface area (Å²) >= 11 is 0. The van der Waals surface area contributed by atoms with Gasteiger partial charge in [0.25, 0.3) is 0 Å². The Morgan fingerprint density at radius 2 is 1.74 bits per heavy atom. The molecule has 0 aliphatic carbocycles. The van der Waals surface area contributed by atoms with Crippen LogP contribution in [0.15, 0.2) is 36.4 Å². The fourth-order valence-corrected chi connectivity index (χ4v) is 3.39. The minimum atomic E-state index is 0.0914. The molecule has 0 radical (unpaired) electrons. The Kier molecular flexibility index (Phi) is 6.35. The van der Waals surface area contributed by atoms with Crippen LogP contribution in [-0.4, -0.2) is 38.1 Å². The average molecular weight is 368 g/mol. The highest BCUT2D eigenvalue weighted by atomic mass is 16.5. The van der Waals surface area contributed by atoms with Gasteiger partial charge in [0.05, 0.1) is 14.2 Å². The van der Waals surface area contributed by atoms with Gasteiger partial charge in [0.2, 0.25) is 5.91 Å². The molecular weight excluding hydrogens is 340 g/mol. The van der Waals surface area contributed by atoms with E-state index < -0.39 is 0 Å². The molecule has 2 aromatic carbocycles. The molecule has 1 heterocycles. The first-order valence-electron chi connectivity index (χ1n) is 9.37. The normalized spacial score (nSPS) is 13.7. The fourth-order valence-electron chi connectivity index (χ4n) is 3.39. The lowest BCUT2D eigenvalue weighted by Gasteiger charge is -2.29. The molecule has 1 aliphatic rings. The van der Waals surface area contributed by atoms with Crippen molar-refractivity contribution >= 4 is 5.91 Å². The molecule has 0 aromatic heterocycles. The number of methoxy groups -OCH3 is 2. The standard InChI is InChI=1S/C22H28N2O3/c1-16-4-6-17(7-5-16)14-23-22(25)9-11-24-10-8-18-12-20(26-2)21(27-3)13-19(18)15-24/h4-7,12-13H,8-11,14-15H2,1-3H3,(H,23,25). The third kappa shape index (κ3) is 5.01. The largest absolute Gasteiger partial charge is 0.493 e. The van der Waals surface area contributed by atoms with Crippen LogP contribution in [0.25, 0.3) is 0 Å². The summed E-state index contributed by atoms with van der Waals surface area (Å²) in [4.78, 5) is 14.5. The predicted octanol–water partition coefficient (Wildman–Crippen LogP) is 3.08. The highest BCUT2D eigenvalue weighted by Crippen LogP contribution is 2.33. The second kappa shape index (κ2) is 8.91. The molecule has 0 saturated heterocycles. The zero-order chi connectivity index (χ0) is 19.2. The molecule has 2 aromatic rings. The Morgan fingerprint density at radius 1 is 1.07 bits per heavy atom. The molecule has 0 atom stereocenters. The summed E-state index contributed by atoms with van der Waals surface area (Å²) in [5.74, 6) is 1.63. The van der Waals surface area contributed by atoms with Crippen LogP contribution < -0.4 is 14.8 Å². The average Bonchev–Trinajstić information content (AvgIpc) is 2.70. The number of nitrogens with one attached hydrogen (secondary N) is 1. The second-order valence-corrected chi connectivity index (χ2v) is 7.01. The Morgan fingerprint density at radius 3 is 2.41 bits per heavy atom. The summed E-state index contributed by atoms with van der Waals surface area (Å²) in [5, 5.41) is 3.01. The second-order valence-electron chi connectivity index (χ2n) is 7.01. The number of ether oxygens (including phenoxy) is 2. The lowest BCUT2D eigenvalue weighted by atomic mass is 9.98. The van der Waals surface area contributed by atoms with Crippen LogP contribution in [-0.2, 0) is 24.3 Å². The van der Waals surface area contributed by atoms with Crippen molar-refractivity contribution in [2.45, 2.75) is 32.9 Å². The quantitative estimate of drug-likeness (QED) is 0.816. The number of nitrogens with zero attached hydrogens (tertiary/aromatic N) is 1. The van der Waals surface area contributed by atoms with Gasteiger partial charge in [-0.05, 0) is 42.2 Å². The molecule has 27 heavy (non-hydrogen) atoms. The Labute approximate surface area is 161 Å². The number of aryl methyl sites for hydroxylation is 1. The molecule has 1 N–H and O–H groups in total. The molecule has 0 saturated carbocycles. The summed E-state index contributed by atoms with van der Waals surface area (Å²) in [7, 11) is 3.32. The molecule has 5 heteroatoms. The molecular formula is C22H28N2O3. The van der Waals surface area contributed by atoms with Crippen LogP contribution in [0.4, 0.5) is 0 Å². The van der Waals surface area contributed by atoms with E-state index >= 15 is 0 Å². The summed E-state index contributed by atoms with van der Waals surface area (Å²) in [6.07, 6.45) is 1.47. The first-order chi connectivity index (χ1) is 13.1. The van der Waals surface area contributed by atoms with E-state index in [2.05, 4.69) is 53.5 Å². The van der Waals surface area contributed by atoms with Gasteiger partial charge in [0.1, 0.15) is 0 Å². The van der Waals surface area contributed by atoms with E-state index in [9.17, 15) is 4.79 Å². The number of rotatable bonds is 7. The lowest BCUT2D eigenvalue weighted by Crippen LogP contribution is -2.34. The third-order valence-electron chi connectivity index (χ3n) is 5.06. The van der Waals surface area contributed by atoms with Crippen molar-refractivity contribution in [3.63, 3.8) is 0 Å². The minimum Gasteiger partial charge on any atom is -0.493 e. The van der Waals surface area contributed by atoms with E-state index in [1.54, 1.807) is 14.2 Å². The Bertz CT molecular complexity index is 787. The molecule has 5 nitrogen and oxygen atoms in total. The van der Waals surface area contributed by atoms with Crippen LogP contribution in [0.1, 0.15) is 28.7 Å². The van der Waals surface area contributed by atoms with Crippen molar-refractivity contribution in [2.75, 3.05) is 27.3 Å². The molecule has 3 rings (SSSR count). The number of benzene rings is 2. The van der Waals surface area contributed by atoms with E-state index in [1.165, 1.54) is 16.7 Å². The first-order valence-corrected chi connectivity index (χ1v) is 9.37. The lowest BCUT2D eigenvalue weighted by molar-refractivity contribution is -0.121. The van der Waals surface area contributed by atoms with E-state index in [0.717, 1.165) is 43.1 Å². The summed E-state index contributed by atoms with van der Waals surface area (Å²) < 4.78 is 10.8. The van der Waals surface area contributed by atoms with Crippen molar-refractivity contribution in [3.8, 4) is 11.5 Å². The zero-order valence-corrected chi connectivity index (χ0v) is 16.4. The highest BCUT2D eigenvalue weighted by Gasteiger charge is 2.19. The topological polar surface area (TPSA) is 50.8 Å². The zero-order valence-electron chi connectivity index (χ0n) is 16.4. The fraction of sp³-hybridized carbons (Fsp3) is 0.409. The van der Waals surface area contributed by atoms with Gasteiger partial charge in [-0.2, -0.15) is 0 Å². The Hall–Kier alpha value is -2.53. The number of carbonyl (C=O) groups excluding carboxylic acids is 1. The third-order valence-corrected chi connectivity index (χ3v) is 5.06. The summed E-state index contributed by atoms with van der Waals surface area (Å²) in [6, 6.07) is 12.4. The van der Waals surface area contributed by atoms with Gasteiger partial charge in [-0.3, -0.25) is 9.69 Å². The predicted molar refractivity (Wildman–Crippen MR) is 106 cm³/mol. The molecule has 1 amide bonds. The number of hydrogen-bond donors (Lipinski definition) is 1. The summed E-state index contributed by atoms with van der Waals surface area (Å²) in [5.41, 5.74) is 4.90. The van der Waals surface area contributed by atoms with Gasteiger partial charge in [-0.15, -0.1) is 0 Å². The van der Waals surface area contributed by atoms with E-state index in [0.29, 0.717) is 13.0 Å². The van der Waals surface area contributed by atoms with Gasteiger partial charge < -0.3 is 14.8 Å². The van der Waals surface area contributed by atoms with E-state index in [4.69, 9.17) is 9.47 Å². The number of fused-ring (bicyclic) bond motifs is 1. The smallest absolute Gasteiger partial charge is 0.221 e. The van der Waals surface area contributed by atoms with Gasteiger partial charge in [0.15, 0.2) is 11.5 Å². The molecule has 144 valence electrons. The maximum absolute atomic E-state index is 12.2. The van der Waals surface area contributed by atoms with Crippen LogP contribution in [0.3, 0.4) is 0 Å². The molecule has 0 spiro atoms. The van der Waals surface area contributed by atoms with Crippen LogP contribution in [0.2, 0.25) is 0 Å². The van der Waals surface area contributed by atoms with Crippen molar-refractivity contribution < 1.29 is 14.3 Å². The molecule has 0 bridgehead atoms. The van der Waals surface area contributed by atoms with Gasteiger partial charge in [-0.1, -0.05) is 29.8 Å². The SMILES string of the molecule is COc1cc2c(cc1OC)CN(CCC(=O)NCc1ccc(C)cc1)CC2. The maximum Gasteiger partial charge on any atom is 0.221 e. The van der Waals surface area contributed by atoms with Gasteiger partial charge in [0, 0.05) is 32.6 Å².